The molecule has 0 radical (unpaired) electrons. The third-order valence-corrected chi connectivity index (χ3v) is 5.66. The van der Waals surface area contributed by atoms with Crippen LogP contribution in [0.1, 0.15) is 25.8 Å². The van der Waals surface area contributed by atoms with Crippen LogP contribution in [0.5, 0.6) is 0 Å². The number of nitrogens with two attached hydrogens (primary N) is 1. The summed E-state index contributed by atoms with van der Waals surface area (Å²) in [7, 11) is -3.19. The lowest BCUT2D eigenvalue weighted by molar-refractivity contribution is 0.304. The van der Waals surface area contributed by atoms with Gasteiger partial charge < -0.3 is 10.6 Å². The third-order valence-electron chi connectivity index (χ3n) is 3.95. The van der Waals surface area contributed by atoms with Crippen molar-refractivity contribution in [3.63, 3.8) is 0 Å². The van der Waals surface area contributed by atoms with Crippen LogP contribution in [0.2, 0.25) is 0 Å². The molecular formula is C15H24N2O2S. The Kier molecular flexibility index (Phi) is 4.52. The minimum Gasteiger partial charge on any atom is -0.326 e. The Balaban J connectivity index is 1.97. The Morgan fingerprint density at radius 3 is 2.40 bits per heavy atom. The first kappa shape index (κ1) is 15.5. The molecule has 0 saturated carbocycles. The highest BCUT2D eigenvalue weighted by Crippen LogP contribution is 2.28. The maximum Gasteiger partial charge on any atom is 0.179 e. The zero-order chi connectivity index (χ0) is 14.8. The van der Waals surface area contributed by atoms with Crippen LogP contribution >= 0.6 is 0 Å². The molecule has 1 aromatic rings. The van der Waals surface area contributed by atoms with Crippen molar-refractivity contribution in [2.45, 2.75) is 31.7 Å². The first-order valence-corrected chi connectivity index (χ1v) is 8.72. The van der Waals surface area contributed by atoms with Crippen molar-refractivity contribution in [1.82, 2.24) is 4.90 Å². The summed E-state index contributed by atoms with van der Waals surface area (Å²) in [5.41, 5.74) is 6.78. The molecule has 0 aromatic heterocycles. The summed E-state index contributed by atoms with van der Waals surface area (Å²) in [4.78, 5) is 2.64. The van der Waals surface area contributed by atoms with E-state index in [9.17, 15) is 8.42 Å². The van der Waals surface area contributed by atoms with Gasteiger partial charge in [0.05, 0.1) is 10.6 Å². The van der Waals surface area contributed by atoms with E-state index in [0.29, 0.717) is 23.4 Å². The fourth-order valence-electron chi connectivity index (χ4n) is 2.62. The van der Waals surface area contributed by atoms with Crippen LogP contribution in [-0.4, -0.2) is 38.7 Å². The minimum absolute atomic E-state index is 0.186. The first-order valence-electron chi connectivity index (χ1n) is 7.07. The van der Waals surface area contributed by atoms with Crippen LogP contribution < -0.4 is 5.73 Å². The van der Waals surface area contributed by atoms with Crippen molar-refractivity contribution in [2.24, 2.45) is 11.1 Å². The molecule has 4 nitrogen and oxygen atoms in total. The molecule has 1 aromatic carbocycles. The second kappa shape index (κ2) is 5.84. The van der Waals surface area contributed by atoms with Crippen LogP contribution in [-0.2, 0) is 16.4 Å². The predicted molar refractivity (Wildman–Crippen MR) is 81.2 cm³/mol. The van der Waals surface area contributed by atoms with E-state index in [-0.39, 0.29) is 5.75 Å². The molecule has 112 valence electrons. The number of sulfone groups is 1. The van der Waals surface area contributed by atoms with E-state index in [1.165, 1.54) is 0 Å². The molecule has 1 aliphatic heterocycles. The van der Waals surface area contributed by atoms with Crippen molar-refractivity contribution >= 4 is 9.84 Å². The van der Waals surface area contributed by atoms with E-state index in [1.54, 1.807) is 24.3 Å². The summed E-state index contributed by atoms with van der Waals surface area (Å²) in [6.45, 7) is 7.48. The Labute approximate surface area is 121 Å². The largest absolute Gasteiger partial charge is 0.326 e. The topological polar surface area (TPSA) is 63.4 Å². The van der Waals surface area contributed by atoms with Gasteiger partial charge in [-0.15, -0.1) is 0 Å². The molecular weight excluding hydrogens is 272 g/mol. The summed E-state index contributed by atoms with van der Waals surface area (Å²) < 4.78 is 24.6. The van der Waals surface area contributed by atoms with Crippen LogP contribution in [0, 0.1) is 5.41 Å². The van der Waals surface area contributed by atoms with Crippen molar-refractivity contribution in [2.75, 3.05) is 25.4 Å². The molecule has 1 aliphatic rings. The number of hydrogen-bond donors (Lipinski definition) is 1. The van der Waals surface area contributed by atoms with Crippen molar-refractivity contribution in [1.29, 1.82) is 0 Å². The zero-order valence-electron chi connectivity index (χ0n) is 12.3. The van der Waals surface area contributed by atoms with Gasteiger partial charge in [0.2, 0.25) is 0 Å². The zero-order valence-corrected chi connectivity index (χ0v) is 13.1. The SMILES string of the molecule is CC1(C)CCN(CCS(=O)(=O)c2ccc(CN)cc2)C1. The molecule has 5 heteroatoms. The van der Waals surface area contributed by atoms with E-state index in [0.717, 1.165) is 25.1 Å². The highest BCUT2D eigenvalue weighted by atomic mass is 32.2. The van der Waals surface area contributed by atoms with E-state index in [2.05, 4.69) is 18.7 Å². The van der Waals surface area contributed by atoms with E-state index < -0.39 is 9.84 Å². The fraction of sp³-hybridized carbons (Fsp3) is 0.600. The quantitative estimate of drug-likeness (QED) is 0.897. The molecule has 0 atom stereocenters. The van der Waals surface area contributed by atoms with Crippen LogP contribution in [0.3, 0.4) is 0 Å². The number of rotatable bonds is 5. The maximum absolute atomic E-state index is 12.3. The Hall–Kier alpha value is -0.910. The molecule has 0 spiro atoms. The van der Waals surface area contributed by atoms with Gasteiger partial charge in [-0.2, -0.15) is 0 Å². The molecule has 2 N–H and O–H groups in total. The van der Waals surface area contributed by atoms with E-state index in [4.69, 9.17) is 5.73 Å². The fourth-order valence-corrected chi connectivity index (χ4v) is 3.90. The first-order chi connectivity index (χ1) is 9.32. The Morgan fingerprint density at radius 2 is 1.90 bits per heavy atom. The molecule has 2 rings (SSSR count). The van der Waals surface area contributed by atoms with E-state index >= 15 is 0 Å². The average Bonchev–Trinajstić information content (AvgIpc) is 2.76. The smallest absolute Gasteiger partial charge is 0.179 e. The number of hydrogen-bond acceptors (Lipinski definition) is 4. The molecule has 20 heavy (non-hydrogen) atoms. The second-order valence-electron chi connectivity index (χ2n) is 6.36. The predicted octanol–water partition coefficient (Wildman–Crippen LogP) is 1.65. The van der Waals surface area contributed by atoms with Gasteiger partial charge in [0.1, 0.15) is 0 Å². The lowest BCUT2D eigenvalue weighted by Crippen LogP contribution is -2.29. The highest BCUT2D eigenvalue weighted by Gasteiger charge is 2.29. The molecule has 1 fully saturated rings. The summed E-state index contributed by atoms with van der Waals surface area (Å²) in [5, 5.41) is 0. The van der Waals surface area contributed by atoms with Gasteiger partial charge in [-0.25, -0.2) is 8.42 Å². The standard InChI is InChI=1S/C15H24N2O2S/c1-15(2)7-8-17(12-15)9-10-20(18,19)14-5-3-13(11-16)4-6-14/h3-6H,7-12,16H2,1-2H3. The average molecular weight is 296 g/mol. The van der Waals surface area contributed by atoms with Gasteiger partial charge in [0, 0.05) is 19.6 Å². The maximum atomic E-state index is 12.3. The van der Waals surface area contributed by atoms with Crippen molar-refractivity contribution in [3.05, 3.63) is 29.8 Å². The summed E-state index contributed by atoms with van der Waals surface area (Å²) in [5.74, 6) is 0.186. The van der Waals surface area contributed by atoms with Crippen molar-refractivity contribution < 1.29 is 8.42 Å². The van der Waals surface area contributed by atoms with Crippen LogP contribution in [0.15, 0.2) is 29.2 Å². The molecule has 0 aliphatic carbocycles. The van der Waals surface area contributed by atoms with Gasteiger partial charge in [0.15, 0.2) is 9.84 Å². The minimum atomic E-state index is -3.19. The lowest BCUT2D eigenvalue weighted by atomic mass is 9.93. The third kappa shape index (κ3) is 3.81. The van der Waals surface area contributed by atoms with Gasteiger partial charge in [-0.3, -0.25) is 0 Å². The lowest BCUT2D eigenvalue weighted by Gasteiger charge is -2.19. The molecule has 0 unspecified atom stereocenters. The number of likely N-dealkylation sites (tertiary alicyclic amines) is 1. The summed E-state index contributed by atoms with van der Waals surface area (Å²) >= 11 is 0. The van der Waals surface area contributed by atoms with Gasteiger partial charge in [-0.1, -0.05) is 26.0 Å². The van der Waals surface area contributed by atoms with Crippen LogP contribution in [0.4, 0.5) is 0 Å². The normalized spacial score (nSPS) is 19.4. The number of benzene rings is 1. The van der Waals surface area contributed by atoms with Gasteiger partial charge in [-0.05, 0) is 36.1 Å². The Morgan fingerprint density at radius 1 is 1.25 bits per heavy atom. The summed E-state index contributed by atoms with van der Waals surface area (Å²) in [6.07, 6.45) is 1.14. The van der Waals surface area contributed by atoms with Gasteiger partial charge >= 0.3 is 0 Å². The molecule has 1 saturated heterocycles. The monoisotopic (exact) mass is 296 g/mol. The Bertz CT molecular complexity index is 550. The van der Waals surface area contributed by atoms with Crippen molar-refractivity contribution in [3.8, 4) is 0 Å². The second-order valence-corrected chi connectivity index (χ2v) is 8.47. The molecule has 1 heterocycles. The van der Waals surface area contributed by atoms with Gasteiger partial charge in [0.25, 0.3) is 0 Å². The highest BCUT2D eigenvalue weighted by molar-refractivity contribution is 7.91. The molecule has 0 amide bonds. The van der Waals surface area contributed by atoms with Crippen LogP contribution in [0.25, 0.3) is 0 Å². The van der Waals surface area contributed by atoms with E-state index in [1.807, 2.05) is 0 Å². The molecule has 0 bridgehead atoms. The summed E-state index contributed by atoms with van der Waals surface area (Å²) in [6, 6.07) is 6.88. The number of nitrogens with zero attached hydrogens (tertiary/aromatic N) is 1.